The lowest BCUT2D eigenvalue weighted by Crippen LogP contribution is -2.30. The van der Waals surface area contributed by atoms with Crippen LogP contribution in [0.5, 0.6) is 0 Å². The first-order chi connectivity index (χ1) is 38.5. The highest BCUT2D eigenvalue weighted by atomic mass is 16.6. The largest absolute Gasteiger partial charge is 0.462 e. The van der Waals surface area contributed by atoms with Crippen molar-refractivity contribution in [1.82, 2.24) is 0 Å². The van der Waals surface area contributed by atoms with Gasteiger partial charge in [-0.3, -0.25) is 14.4 Å². The average molecular weight is 1100 g/mol. The highest BCUT2D eigenvalue weighted by Crippen LogP contribution is 2.19. The second-order valence-corrected chi connectivity index (χ2v) is 24.1. The summed E-state index contributed by atoms with van der Waals surface area (Å²) in [4.78, 5) is 38.3. The minimum absolute atomic E-state index is 0.0708. The maximum absolute atomic E-state index is 12.9. The zero-order valence-electron chi connectivity index (χ0n) is 53.0. The van der Waals surface area contributed by atoms with E-state index in [2.05, 4.69) is 45.1 Å². The normalized spacial score (nSPS) is 12.1. The first kappa shape index (κ1) is 75.9. The van der Waals surface area contributed by atoms with Crippen molar-refractivity contribution in [2.45, 2.75) is 406 Å². The summed E-state index contributed by atoms with van der Waals surface area (Å²) in [5.41, 5.74) is 0. The summed E-state index contributed by atoms with van der Waals surface area (Å²) in [5, 5.41) is 0. The molecule has 0 aromatic heterocycles. The fourth-order valence-corrected chi connectivity index (χ4v) is 10.8. The molecule has 0 saturated carbocycles. The first-order valence-electron chi connectivity index (χ1n) is 35.3. The van der Waals surface area contributed by atoms with Crippen molar-refractivity contribution in [3.63, 3.8) is 0 Å². The predicted octanol–water partition coefficient (Wildman–Crippen LogP) is 24.2. The summed E-state index contributed by atoms with van der Waals surface area (Å²) in [6.45, 7) is 6.66. The fourth-order valence-electron chi connectivity index (χ4n) is 10.8. The van der Waals surface area contributed by atoms with Gasteiger partial charge >= 0.3 is 17.9 Å². The van der Waals surface area contributed by atoms with E-state index in [0.717, 1.165) is 64.2 Å². The first-order valence-corrected chi connectivity index (χ1v) is 35.3. The smallest absolute Gasteiger partial charge is 0.306 e. The Balaban J connectivity index is 4.09. The van der Waals surface area contributed by atoms with Crippen LogP contribution in [0.2, 0.25) is 0 Å². The topological polar surface area (TPSA) is 78.9 Å². The quantitative estimate of drug-likeness (QED) is 0.0261. The van der Waals surface area contributed by atoms with Gasteiger partial charge in [0.15, 0.2) is 6.10 Å². The molecule has 0 aliphatic carbocycles. The Kier molecular flexibility index (Phi) is 65.6. The standard InChI is InChI=1S/C72H136O6/c1-4-7-10-13-16-19-22-24-26-28-30-31-32-33-34-35-36-37-38-39-40-41-42-44-45-47-50-53-56-59-62-65-71(74)77-68-69(67-76-70(73)64-61-58-55-52-49-21-18-15-12-9-6-3)78-72(75)66-63-60-57-54-51-48-46-43-29-27-25-23-20-17-14-11-8-5-2/h15,18,27,29,69H,4-14,16-17,19-26,28,30-68H2,1-3H3/b18-15-,29-27-. The fraction of sp³-hybridized carbons (Fsp3) is 0.903. The van der Waals surface area contributed by atoms with E-state index in [-0.39, 0.29) is 31.1 Å². The van der Waals surface area contributed by atoms with Crippen LogP contribution in [0.1, 0.15) is 400 Å². The summed E-state index contributed by atoms with van der Waals surface area (Å²) in [6.07, 6.45) is 82.3. The average Bonchev–Trinajstić information content (AvgIpc) is 3.44. The molecule has 0 aliphatic rings. The summed E-state index contributed by atoms with van der Waals surface area (Å²) in [7, 11) is 0. The third kappa shape index (κ3) is 64.7. The molecular weight excluding hydrogens is 961 g/mol. The van der Waals surface area contributed by atoms with E-state index >= 15 is 0 Å². The van der Waals surface area contributed by atoms with Crippen molar-refractivity contribution in [1.29, 1.82) is 0 Å². The molecule has 460 valence electrons. The van der Waals surface area contributed by atoms with Gasteiger partial charge in [0, 0.05) is 19.3 Å². The van der Waals surface area contributed by atoms with Crippen molar-refractivity contribution >= 4 is 17.9 Å². The Morgan fingerprint density at radius 3 is 0.679 bits per heavy atom. The summed E-state index contributed by atoms with van der Waals surface area (Å²) >= 11 is 0. The molecule has 0 bridgehead atoms. The highest BCUT2D eigenvalue weighted by molar-refractivity contribution is 5.71. The van der Waals surface area contributed by atoms with E-state index in [1.54, 1.807) is 0 Å². The molecule has 6 nitrogen and oxygen atoms in total. The monoisotopic (exact) mass is 1100 g/mol. The van der Waals surface area contributed by atoms with Crippen LogP contribution in [0.3, 0.4) is 0 Å². The van der Waals surface area contributed by atoms with Gasteiger partial charge in [-0.25, -0.2) is 0 Å². The van der Waals surface area contributed by atoms with E-state index in [1.165, 1.54) is 295 Å². The number of unbranched alkanes of at least 4 members (excludes halogenated alkanes) is 51. The van der Waals surface area contributed by atoms with Crippen LogP contribution >= 0.6 is 0 Å². The van der Waals surface area contributed by atoms with E-state index in [9.17, 15) is 14.4 Å². The number of carbonyl (C=O) groups excluding carboxylic acids is 3. The SMILES string of the molecule is CCCC/C=C\CCCCCCCC(=O)OCC(COC(=O)CCCCCCCCCCCCCCCCCCCCCCCCCCCCCCCCC)OC(=O)CCCCCCCCC/C=C\CCCCCCCCC. The Morgan fingerprint density at radius 1 is 0.244 bits per heavy atom. The van der Waals surface area contributed by atoms with Gasteiger partial charge in [0.25, 0.3) is 0 Å². The van der Waals surface area contributed by atoms with Crippen molar-refractivity contribution < 1.29 is 28.6 Å². The Hall–Kier alpha value is -2.11. The molecule has 0 aliphatic heterocycles. The van der Waals surface area contributed by atoms with Gasteiger partial charge in [0.2, 0.25) is 0 Å². The maximum Gasteiger partial charge on any atom is 0.306 e. The van der Waals surface area contributed by atoms with Crippen LogP contribution in [0.25, 0.3) is 0 Å². The lowest BCUT2D eigenvalue weighted by Gasteiger charge is -2.18. The van der Waals surface area contributed by atoms with Crippen LogP contribution in [0, 0.1) is 0 Å². The third-order valence-corrected chi connectivity index (χ3v) is 16.2. The summed E-state index contributed by atoms with van der Waals surface area (Å²) in [5.74, 6) is -0.859. The maximum atomic E-state index is 12.9. The lowest BCUT2D eigenvalue weighted by molar-refractivity contribution is -0.167. The Morgan fingerprint density at radius 2 is 0.436 bits per heavy atom. The van der Waals surface area contributed by atoms with Crippen molar-refractivity contribution in [3.8, 4) is 0 Å². The molecule has 1 atom stereocenters. The molecule has 0 aromatic rings. The minimum atomic E-state index is -0.774. The minimum Gasteiger partial charge on any atom is -0.462 e. The Labute approximate surface area is 487 Å². The number of hydrogen-bond donors (Lipinski definition) is 0. The van der Waals surface area contributed by atoms with Crippen LogP contribution in [-0.2, 0) is 28.6 Å². The molecule has 0 saturated heterocycles. The van der Waals surface area contributed by atoms with Crippen LogP contribution in [-0.4, -0.2) is 37.2 Å². The van der Waals surface area contributed by atoms with Gasteiger partial charge in [0.1, 0.15) is 13.2 Å². The lowest BCUT2D eigenvalue weighted by atomic mass is 10.0. The van der Waals surface area contributed by atoms with Gasteiger partial charge in [-0.2, -0.15) is 0 Å². The number of ether oxygens (including phenoxy) is 3. The number of rotatable bonds is 66. The highest BCUT2D eigenvalue weighted by Gasteiger charge is 2.19. The van der Waals surface area contributed by atoms with Gasteiger partial charge in [-0.15, -0.1) is 0 Å². The number of allylic oxidation sites excluding steroid dienone is 4. The summed E-state index contributed by atoms with van der Waals surface area (Å²) < 4.78 is 16.9. The second kappa shape index (κ2) is 67.4. The molecule has 0 aromatic carbocycles. The van der Waals surface area contributed by atoms with E-state index in [4.69, 9.17) is 14.2 Å². The zero-order valence-corrected chi connectivity index (χ0v) is 53.0. The molecule has 0 heterocycles. The molecule has 0 amide bonds. The molecule has 6 heteroatoms. The van der Waals surface area contributed by atoms with Crippen LogP contribution in [0.4, 0.5) is 0 Å². The van der Waals surface area contributed by atoms with Crippen molar-refractivity contribution in [2.24, 2.45) is 0 Å². The van der Waals surface area contributed by atoms with E-state index < -0.39 is 6.10 Å². The number of esters is 3. The molecule has 78 heavy (non-hydrogen) atoms. The van der Waals surface area contributed by atoms with Crippen LogP contribution in [0.15, 0.2) is 24.3 Å². The molecular formula is C72H136O6. The molecule has 0 spiro atoms. The van der Waals surface area contributed by atoms with Gasteiger partial charge in [-0.05, 0) is 64.2 Å². The van der Waals surface area contributed by atoms with E-state index in [1.807, 2.05) is 0 Å². The van der Waals surface area contributed by atoms with Crippen molar-refractivity contribution in [3.05, 3.63) is 24.3 Å². The predicted molar refractivity (Wildman–Crippen MR) is 340 cm³/mol. The second-order valence-electron chi connectivity index (χ2n) is 24.1. The third-order valence-electron chi connectivity index (χ3n) is 16.2. The number of hydrogen-bond acceptors (Lipinski definition) is 6. The molecule has 0 fully saturated rings. The number of carbonyl (C=O) groups is 3. The van der Waals surface area contributed by atoms with Gasteiger partial charge in [0.05, 0.1) is 0 Å². The van der Waals surface area contributed by atoms with Crippen molar-refractivity contribution in [2.75, 3.05) is 13.2 Å². The molecule has 0 rings (SSSR count). The molecule has 0 N–H and O–H groups in total. The van der Waals surface area contributed by atoms with E-state index in [0.29, 0.717) is 19.3 Å². The Bertz CT molecular complexity index is 1260. The van der Waals surface area contributed by atoms with Gasteiger partial charge < -0.3 is 14.2 Å². The summed E-state index contributed by atoms with van der Waals surface area (Å²) in [6, 6.07) is 0. The molecule has 0 radical (unpaired) electrons. The van der Waals surface area contributed by atoms with Gasteiger partial charge in [-0.1, -0.05) is 340 Å². The van der Waals surface area contributed by atoms with Crippen LogP contribution < -0.4 is 0 Å². The molecule has 1 unspecified atom stereocenters. The zero-order chi connectivity index (χ0) is 56.4.